The number of nitrogens with one attached hydrogen (secondary N) is 1. The van der Waals surface area contributed by atoms with Gasteiger partial charge < -0.3 is 5.32 Å². The molecule has 0 bridgehead atoms. The molecule has 1 amide bonds. The molecule has 3 aromatic heterocycles. The molecule has 0 aliphatic carbocycles. The molecule has 8 heteroatoms. The normalized spacial score (nSPS) is 10.9. The zero-order valence-corrected chi connectivity index (χ0v) is 14.5. The summed E-state index contributed by atoms with van der Waals surface area (Å²) in [7, 11) is 0. The van der Waals surface area contributed by atoms with Crippen molar-refractivity contribution in [2.24, 2.45) is 0 Å². The van der Waals surface area contributed by atoms with Crippen LogP contribution in [0.1, 0.15) is 15.9 Å². The van der Waals surface area contributed by atoms with Crippen molar-refractivity contribution < 1.29 is 4.79 Å². The first-order chi connectivity index (χ1) is 12.7. The van der Waals surface area contributed by atoms with E-state index in [-0.39, 0.29) is 11.1 Å². The number of amides is 1. The second-order valence-electron chi connectivity index (χ2n) is 5.66. The molecule has 0 spiro atoms. The third-order valence-corrected chi connectivity index (χ3v) is 4.76. The lowest BCUT2D eigenvalue weighted by Gasteiger charge is -2.06. The molecular weight excluding hydrogens is 350 g/mol. The molecule has 1 aromatic carbocycles. The lowest BCUT2D eigenvalue weighted by molar-refractivity contribution is 0.0952. The average Bonchev–Trinajstić information content (AvgIpc) is 3.34. The van der Waals surface area contributed by atoms with Crippen LogP contribution in [0.25, 0.3) is 10.6 Å². The van der Waals surface area contributed by atoms with Gasteiger partial charge in [-0.15, -0.1) is 11.3 Å². The van der Waals surface area contributed by atoms with Gasteiger partial charge in [0.15, 0.2) is 4.96 Å². The number of carbonyl (C=O) groups excluding carboxylic acids is 1. The number of aromatic nitrogens is 4. The summed E-state index contributed by atoms with van der Waals surface area (Å²) in [5.41, 5.74) is 1.77. The maximum absolute atomic E-state index is 12.3. The highest BCUT2D eigenvalue weighted by molar-refractivity contribution is 7.15. The highest BCUT2D eigenvalue weighted by Crippen LogP contribution is 2.09. The zero-order valence-electron chi connectivity index (χ0n) is 13.7. The number of hydrogen-bond acceptors (Lipinski definition) is 5. The fourth-order valence-corrected chi connectivity index (χ4v) is 3.31. The van der Waals surface area contributed by atoms with Gasteiger partial charge in [-0.25, -0.2) is 9.67 Å². The standard InChI is InChI=1S/C18H15N5O2S/c24-16(15-12-20-18-22(17(15)25)10-11-26-18)19-8-6-13-2-4-14(5-3-13)23-9-1-7-21-23/h1-5,7,9-12H,6,8H2,(H,19,24). The van der Waals surface area contributed by atoms with Gasteiger partial charge in [-0.2, -0.15) is 5.10 Å². The van der Waals surface area contributed by atoms with Gasteiger partial charge in [-0.05, 0) is 30.2 Å². The van der Waals surface area contributed by atoms with Crippen LogP contribution in [-0.4, -0.2) is 31.6 Å². The van der Waals surface area contributed by atoms with E-state index in [1.54, 1.807) is 22.5 Å². The Labute approximate surface area is 152 Å². The van der Waals surface area contributed by atoms with Gasteiger partial charge >= 0.3 is 0 Å². The molecule has 4 aromatic rings. The summed E-state index contributed by atoms with van der Waals surface area (Å²) in [6, 6.07) is 9.82. The number of fused-ring (bicyclic) bond motifs is 1. The minimum atomic E-state index is -0.406. The molecule has 1 N–H and O–H groups in total. The quantitative estimate of drug-likeness (QED) is 0.586. The first kappa shape index (κ1) is 16.2. The number of hydrogen-bond donors (Lipinski definition) is 1. The number of thiazole rings is 1. The largest absolute Gasteiger partial charge is 0.351 e. The van der Waals surface area contributed by atoms with Crippen LogP contribution in [0.3, 0.4) is 0 Å². The van der Waals surface area contributed by atoms with E-state index in [0.29, 0.717) is 17.9 Å². The Morgan fingerprint density at radius 3 is 2.81 bits per heavy atom. The predicted octanol–water partition coefficient (Wildman–Crippen LogP) is 1.91. The monoisotopic (exact) mass is 365 g/mol. The lowest BCUT2D eigenvalue weighted by atomic mass is 10.1. The molecule has 0 fully saturated rings. The summed E-state index contributed by atoms with van der Waals surface area (Å²) >= 11 is 1.35. The summed E-state index contributed by atoms with van der Waals surface area (Å²) in [5.74, 6) is -0.406. The fraction of sp³-hybridized carbons (Fsp3) is 0.111. The molecule has 0 radical (unpaired) electrons. The first-order valence-corrected chi connectivity index (χ1v) is 8.92. The molecule has 0 saturated heterocycles. The van der Waals surface area contributed by atoms with Gasteiger partial charge in [0.25, 0.3) is 11.5 Å². The van der Waals surface area contributed by atoms with Crippen LogP contribution in [0.4, 0.5) is 0 Å². The third kappa shape index (κ3) is 3.14. The Balaban J connectivity index is 1.38. The van der Waals surface area contributed by atoms with E-state index in [1.807, 2.05) is 36.5 Å². The maximum Gasteiger partial charge on any atom is 0.271 e. The van der Waals surface area contributed by atoms with E-state index < -0.39 is 5.91 Å². The van der Waals surface area contributed by atoms with E-state index in [4.69, 9.17) is 0 Å². The van der Waals surface area contributed by atoms with Crippen LogP contribution in [0.5, 0.6) is 0 Å². The second kappa shape index (κ2) is 6.93. The molecular formula is C18H15N5O2S. The molecule has 0 aliphatic heterocycles. The van der Waals surface area contributed by atoms with Gasteiger partial charge in [-0.3, -0.25) is 14.0 Å². The van der Waals surface area contributed by atoms with E-state index in [0.717, 1.165) is 11.3 Å². The van der Waals surface area contributed by atoms with Gasteiger partial charge in [0.1, 0.15) is 5.56 Å². The molecule has 0 atom stereocenters. The van der Waals surface area contributed by atoms with Crippen LogP contribution in [0.2, 0.25) is 0 Å². The number of benzene rings is 1. The maximum atomic E-state index is 12.3. The third-order valence-electron chi connectivity index (χ3n) is 3.99. The first-order valence-electron chi connectivity index (χ1n) is 8.04. The van der Waals surface area contributed by atoms with Crippen molar-refractivity contribution in [2.45, 2.75) is 6.42 Å². The van der Waals surface area contributed by atoms with Crippen molar-refractivity contribution in [1.29, 1.82) is 0 Å². The molecule has 130 valence electrons. The molecule has 0 aliphatic rings. The van der Waals surface area contributed by atoms with Crippen LogP contribution in [0, 0.1) is 0 Å². The summed E-state index contributed by atoms with van der Waals surface area (Å²) in [4.78, 5) is 29.2. The minimum Gasteiger partial charge on any atom is -0.351 e. The molecule has 26 heavy (non-hydrogen) atoms. The van der Waals surface area contributed by atoms with Gasteiger partial charge in [0, 0.05) is 36.7 Å². The summed E-state index contributed by atoms with van der Waals surface area (Å²) in [5, 5.41) is 8.73. The van der Waals surface area contributed by atoms with Crippen molar-refractivity contribution >= 4 is 22.2 Å². The highest BCUT2D eigenvalue weighted by atomic mass is 32.1. The van der Waals surface area contributed by atoms with Crippen molar-refractivity contribution in [1.82, 2.24) is 24.5 Å². The van der Waals surface area contributed by atoms with E-state index in [9.17, 15) is 9.59 Å². The summed E-state index contributed by atoms with van der Waals surface area (Å²) in [6.07, 6.45) is 7.23. The molecule has 0 unspecified atom stereocenters. The molecule has 4 rings (SSSR count). The minimum absolute atomic E-state index is 0.0509. The van der Waals surface area contributed by atoms with Gasteiger partial charge in [-0.1, -0.05) is 12.1 Å². The Hall–Kier alpha value is -3.26. The van der Waals surface area contributed by atoms with Gasteiger partial charge in [0.05, 0.1) is 5.69 Å². The Morgan fingerprint density at radius 2 is 2.04 bits per heavy atom. The predicted molar refractivity (Wildman–Crippen MR) is 98.9 cm³/mol. The van der Waals surface area contributed by atoms with Crippen molar-refractivity contribution in [2.75, 3.05) is 6.54 Å². The number of carbonyl (C=O) groups is 1. The summed E-state index contributed by atoms with van der Waals surface area (Å²) < 4.78 is 3.17. The van der Waals surface area contributed by atoms with E-state index >= 15 is 0 Å². The Bertz CT molecular complexity index is 1100. The van der Waals surface area contributed by atoms with E-state index in [1.165, 1.54) is 21.9 Å². The zero-order chi connectivity index (χ0) is 17.9. The highest BCUT2D eigenvalue weighted by Gasteiger charge is 2.13. The molecule has 7 nitrogen and oxygen atoms in total. The Morgan fingerprint density at radius 1 is 1.19 bits per heavy atom. The van der Waals surface area contributed by atoms with Crippen molar-refractivity contribution in [3.05, 3.63) is 82.0 Å². The van der Waals surface area contributed by atoms with Crippen LogP contribution in [-0.2, 0) is 6.42 Å². The van der Waals surface area contributed by atoms with E-state index in [2.05, 4.69) is 15.4 Å². The van der Waals surface area contributed by atoms with Crippen LogP contribution < -0.4 is 10.9 Å². The van der Waals surface area contributed by atoms with Gasteiger partial charge in [0.2, 0.25) is 0 Å². The lowest BCUT2D eigenvalue weighted by Crippen LogP contribution is -2.32. The number of nitrogens with zero attached hydrogens (tertiary/aromatic N) is 4. The topological polar surface area (TPSA) is 81.3 Å². The van der Waals surface area contributed by atoms with Crippen LogP contribution >= 0.6 is 11.3 Å². The van der Waals surface area contributed by atoms with Crippen molar-refractivity contribution in [3.8, 4) is 5.69 Å². The van der Waals surface area contributed by atoms with Crippen molar-refractivity contribution in [3.63, 3.8) is 0 Å². The summed E-state index contributed by atoms with van der Waals surface area (Å²) in [6.45, 7) is 0.436. The smallest absolute Gasteiger partial charge is 0.271 e. The molecule has 3 heterocycles. The average molecular weight is 365 g/mol. The fourth-order valence-electron chi connectivity index (χ4n) is 2.63. The Kier molecular flexibility index (Phi) is 4.32. The number of rotatable bonds is 5. The SMILES string of the molecule is O=C(NCCc1ccc(-n2cccn2)cc1)c1cnc2sccn2c1=O. The molecule has 0 saturated carbocycles. The van der Waals surface area contributed by atoms with Crippen LogP contribution in [0.15, 0.2) is 65.3 Å². The second-order valence-corrected chi connectivity index (χ2v) is 6.53.